The van der Waals surface area contributed by atoms with E-state index in [0.29, 0.717) is 17.5 Å². The Morgan fingerprint density at radius 3 is 2.76 bits per heavy atom. The predicted molar refractivity (Wildman–Crippen MR) is 121 cm³/mol. The quantitative estimate of drug-likeness (QED) is 0.385. The molecule has 1 amide bonds. The molecule has 1 N–H and O–H groups in total. The molecule has 1 aliphatic rings. The van der Waals surface area contributed by atoms with Gasteiger partial charge in [0, 0.05) is 16.2 Å². The second-order valence-corrected chi connectivity index (χ2v) is 10.8. The van der Waals surface area contributed by atoms with Gasteiger partial charge < -0.3 is 0 Å². The highest BCUT2D eigenvalue weighted by molar-refractivity contribution is 8.00. The molecule has 0 aliphatic heterocycles. The summed E-state index contributed by atoms with van der Waals surface area (Å²) in [5.74, 6) is 0.461. The Balaban J connectivity index is 1.47. The van der Waals surface area contributed by atoms with E-state index < -0.39 is 0 Å². The highest BCUT2D eigenvalue weighted by atomic mass is 32.2. The number of hydrogen-bond acceptors (Lipinski definition) is 8. The zero-order chi connectivity index (χ0) is 20.4. The van der Waals surface area contributed by atoms with E-state index >= 15 is 0 Å². The first kappa shape index (κ1) is 20.7. The van der Waals surface area contributed by atoms with Crippen LogP contribution in [0.3, 0.4) is 0 Å². The minimum absolute atomic E-state index is 0.0415. The molecule has 1 atom stereocenters. The van der Waals surface area contributed by atoms with Crippen molar-refractivity contribution >= 4 is 55.7 Å². The largest absolute Gasteiger partial charge is 0.300 e. The lowest BCUT2D eigenvalue weighted by Crippen LogP contribution is -2.24. The Kier molecular flexibility index (Phi) is 6.46. The summed E-state index contributed by atoms with van der Waals surface area (Å²) in [5.41, 5.74) is 1.20. The lowest BCUT2D eigenvalue weighted by Gasteiger charge is -2.18. The smallest absolute Gasteiger partial charge is 0.239 e. The van der Waals surface area contributed by atoms with Crippen molar-refractivity contribution in [1.29, 1.82) is 0 Å². The Bertz CT molecular complexity index is 1010. The molecule has 9 heteroatoms. The van der Waals surface area contributed by atoms with Crippen LogP contribution in [-0.4, -0.2) is 31.3 Å². The number of nitrogens with one attached hydrogen (secondary N) is 1. The van der Waals surface area contributed by atoms with Gasteiger partial charge in [-0.2, -0.15) is 0 Å². The van der Waals surface area contributed by atoms with Crippen LogP contribution in [0.1, 0.15) is 66.8 Å². The maximum atomic E-state index is 12.9. The number of rotatable bonds is 6. The zero-order valence-corrected chi connectivity index (χ0v) is 19.3. The molecule has 1 unspecified atom stereocenters. The fraction of sp³-hybridized carbons (Fsp3) is 0.550. The van der Waals surface area contributed by atoms with Gasteiger partial charge in [-0.25, -0.2) is 9.97 Å². The van der Waals surface area contributed by atoms with E-state index in [-0.39, 0.29) is 11.2 Å². The van der Waals surface area contributed by atoms with Gasteiger partial charge in [0.05, 0.1) is 5.25 Å². The Morgan fingerprint density at radius 2 is 2.00 bits per heavy atom. The van der Waals surface area contributed by atoms with Crippen LogP contribution in [0.15, 0.2) is 11.4 Å². The number of aromatic nitrogens is 4. The van der Waals surface area contributed by atoms with Crippen molar-refractivity contribution in [1.82, 2.24) is 20.2 Å². The number of thioether (sulfide) groups is 1. The van der Waals surface area contributed by atoms with Crippen molar-refractivity contribution in [2.75, 3.05) is 5.32 Å². The van der Waals surface area contributed by atoms with Crippen LogP contribution in [0, 0.1) is 13.8 Å². The van der Waals surface area contributed by atoms with Crippen LogP contribution in [-0.2, 0) is 4.79 Å². The maximum Gasteiger partial charge on any atom is 0.239 e. The molecular formula is C20H25N5OS3. The summed E-state index contributed by atoms with van der Waals surface area (Å²) >= 11 is 4.70. The number of fused-ring (bicyclic) bond motifs is 1. The van der Waals surface area contributed by atoms with Gasteiger partial charge in [-0.1, -0.05) is 49.3 Å². The number of amides is 1. The highest BCUT2D eigenvalue weighted by Gasteiger charge is 2.24. The number of thiophene rings is 1. The van der Waals surface area contributed by atoms with Gasteiger partial charge in [0.25, 0.3) is 0 Å². The first-order valence-electron chi connectivity index (χ1n) is 10.1. The minimum Gasteiger partial charge on any atom is -0.300 e. The summed E-state index contributed by atoms with van der Waals surface area (Å²) in [5, 5.41) is 14.9. The monoisotopic (exact) mass is 447 g/mol. The molecule has 0 saturated heterocycles. The average Bonchev–Trinajstić information content (AvgIpc) is 3.31. The SMILES string of the molecule is CCC(Sc1ncnc2sc(C)c(C)c12)C(=O)Nc1nnc(C2CCCCC2)s1. The van der Waals surface area contributed by atoms with Crippen molar-refractivity contribution in [2.24, 2.45) is 0 Å². The number of carbonyl (C=O) groups is 1. The van der Waals surface area contributed by atoms with Crippen LogP contribution in [0.5, 0.6) is 0 Å². The molecular weight excluding hydrogens is 422 g/mol. The molecule has 0 radical (unpaired) electrons. The highest BCUT2D eigenvalue weighted by Crippen LogP contribution is 2.38. The van der Waals surface area contributed by atoms with Crippen LogP contribution < -0.4 is 5.32 Å². The summed E-state index contributed by atoms with van der Waals surface area (Å²) in [4.78, 5) is 24.0. The molecule has 0 aromatic carbocycles. The van der Waals surface area contributed by atoms with Gasteiger partial charge >= 0.3 is 0 Å². The van der Waals surface area contributed by atoms with Crippen molar-refractivity contribution in [3.63, 3.8) is 0 Å². The lowest BCUT2D eigenvalue weighted by molar-refractivity contribution is -0.115. The molecule has 3 heterocycles. The Morgan fingerprint density at radius 1 is 1.21 bits per heavy atom. The van der Waals surface area contributed by atoms with Crippen LogP contribution >= 0.6 is 34.4 Å². The number of nitrogens with zero attached hydrogens (tertiary/aromatic N) is 4. The van der Waals surface area contributed by atoms with Gasteiger partial charge in [-0.05, 0) is 38.7 Å². The van der Waals surface area contributed by atoms with Gasteiger partial charge in [0.15, 0.2) is 0 Å². The summed E-state index contributed by atoms with van der Waals surface area (Å²) in [6.07, 6.45) is 8.49. The number of carbonyl (C=O) groups excluding carboxylic acids is 1. The third-order valence-corrected chi connectivity index (χ3v) is 8.95. The van der Waals surface area contributed by atoms with Crippen molar-refractivity contribution in [2.45, 2.75) is 75.5 Å². The molecule has 29 heavy (non-hydrogen) atoms. The van der Waals surface area contributed by atoms with Crippen molar-refractivity contribution < 1.29 is 4.79 Å². The third-order valence-electron chi connectivity index (χ3n) is 5.47. The number of anilines is 1. The van der Waals surface area contributed by atoms with Crippen LogP contribution in [0.4, 0.5) is 5.13 Å². The van der Waals surface area contributed by atoms with Crippen molar-refractivity contribution in [3.05, 3.63) is 21.8 Å². The van der Waals surface area contributed by atoms with E-state index in [2.05, 4.69) is 39.3 Å². The van der Waals surface area contributed by atoms with E-state index in [1.807, 2.05) is 6.92 Å². The standard InChI is InChI=1S/C20H25N5OS3/c1-4-14(28-19-15-11(2)12(3)27-18(15)21-10-22-19)16(26)23-20-25-24-17(29-20)13-8-6-5-7-9-13/h10,13-14H,4-9H2,1-3H3,(H,23,25,26). The molecule has 0 spiro atoms. The molecule has 154 valence electrons. The van der Waals surface area contributed by atoms with E-state index in [0.717, 1.165) is 20.3 Å². The van der Waals surface area contributed by atoms with Gasteiger partial charge in [-0.15, -0.1) is 21.5 Å². The van der Waals surface area contributed by atoms with Crippen LogP contribution in [0.2, 0.25) is 0 Å². The molecule has 4 rings (SSSR count). The topological polar surface area (TPSA) is 80.7 Å². The third kappa shape index (κ3) is 4.46. The number of hydrogen-bond donors (Lipinski definition) is 1. The van der Waals surface area contributed by atoms with Crippen molar-refractivity contribution in [3.8, 4) is 0 Å². The Hall–Kier alpha value is -1.58. The van der Waals surface area contributed by atoms with E-state index in [9.17, 15) is 4.79 Å². The fourth-order valence-corrected chi connectivity index (χ4v) is 6.74. The van der Waals surface area contributed by atoms with E-state index in [1.54, 1.807) is 17.7 Å². The van der Waals surface area contributed by atoms with Gasteiger partial charge in [0.1, 0.15) is 21.2 Å². The molecule has 1 fully saturated rings. The molecule has 6 nitrogen and oxygen atoms in total. The van der Waals surface area contributed by atoms with Gasteiger partial charge in [-0.3, -0.25) is 10.1 Å². The summed E-state index contributed by atoms with van der Waals surface area (Å²) in [6.45, 7) is 6.21. The molecule has 1 saturated carbocycles. The summed E-state index contributed by atoms with van der Waals surface area (Å²) in [7, 11) is 0. The summed E-state index contributed by atoms with van der Waals surface area (Å²) < 4.78 is 0. The minimum atomic E-state index is -0.241. The predicted octanol–water partition coefficient (Wildman–Crippen LogP) is 5.72. The van der Waals surface area contributed by atoms with E-state index in [1.165, 1.54) is 65.6 Å². The first-order chi connectivity index (χ1) is 14.1. The second-order valence-electron chi connectivity index (χ2n) is 7.43. The molecule has 1 aliphatic carbocycles. The molecule has 3 aromatic heterocycles. The van der Waals surface area contributed by atoms with E-state index in [4.69, 9.17) is 0 Å². The van der Waals surface area contributed by atoms with Gasteiger partial charge in [0.2, 0.25) is 11.0 Å². The maximum absolute atomic E-state index is 12.9. The average molecular weight is 448 g/mol. The summed E-state index contributed by atoms with van der Waals surface area (Å²) in [6, 6.07) is 0. The fourth-order valence-electron chi connectivity index (χ4n) is 3.68. The molecule has 3 aromatic rings. The number of aryl methyl sites for hydroxylation is 2. The lowest BCUT2D eigenvalue weighted by atomic mass is 9.90. The van der Waals surface area contributed by atoms with Crippen LogP contribution in [0.25, 0.3) is 10.2 Å². The first-order valence-corrected chi connectivity index (χ1v) is 12.6. The normalized spacial score (nSPS) is 16.2. The Labute approximate surface area is 183 Å². The molecule has 0 bridgehead atoms. The second kappa shape index (κ2) is 9.06. The zero-order valence-electron chi connectivity index (χ0n) is 16.9.